The summed E-state index contributed by atoms with van der Waals surface area (Å²) in [5, 5.41) is 3.33. The van der Waals surface area contributed by atoms with Gasteiger partial charge in [-0.2, -0.15) is 0 Å². The highest BCUT2D eigenvalue weighted by Gasteiger charge is 2.16. The Kier molecular flexibility index (Phi) is 4.55. The first-order valence-corrected chi connectivity index (χ1v) is 7.67. The Hall–Kier alpha value is -1.10. The summed E-state index contributed by atoms with van der Waals surface area (Å²) in [5.74, 6) is 1.00. The molecule has 20 heavy (non-hydrogen) atoms. The molecule has 2 aliphatic heterocycles. The molecule has 1 atom stereocenters. The van der Waals surface area contributed by atoms with E-state index in [-0.39, 0.29) is 0 Å². The summed E-state index contributed by atoms with van der Waals surface area (Å²) in [4.78, 5) is 4.92. The number of piperazine rings is 1. The fourth-order valence-electron chi connectivity index (χ4n) is 2.86. The van der Waals surface area contributed by atoms with E-state index in [1.165, 1.54) is 31.7 Å². The molecule has 110 valence electrons. The van der Waals surface area contributed by atoms with Gasteiger partial charge in [0.05, 0.1) is 0 Å². The second kappa shape index (κ2) is 6.57. The summed E-state index contributed by atoms with van der Waals surface area (Å²) in [5.41, 5.74) is 1.38. The molecule has 4 heteroatoms. The number of rotatable bonds is 4. The van der Waals surface area contributed by atoms with Crippen molar-refractivity contribution in [1.82, 2.24) is 15.1 Å². The maximum atomic E-state index is 5.95. The molecule has 1 aromatic rings. The molecule has 1 N–H and O–H groups in total. The van der Waals surface area contributed by atoms with Crippen LogP contribution in [0.5, 0.6) is 5.75 Å². The number of nitrogens with one attached hydrogen (secondary N) is 1. The third-order valence-corrected chi connectivity index (χ3v) is 4.24. The van der Waals surface area contributed by atoms with Crippen LogP contribution in [0, 0.1) is 0 Å². The van der Waals surface area contributed by atoms with E-state index in [2.05, 4.69) is 46.4 Å². The monoisotopic (exact) mass is 275 g/mol. The molecular formula is C16H25N3O. The molecule has 0 spiro atoms. The maximum absolute atomic E-state index is 5.95. The van der Waals surface area contributed by atoms with Gasteiger partial charge in [0.15, 0.2) is 0 Å². The summed E-state index contributed by atoms with van der Waals surface area (Å²) in [6.45, 7) is 7.80. The van der Waals surface area contributed by atoms with E-state index in [1.807, 2.05) is 0 Å². The molecule has 0 aliphatic carbocycles. The van der Waals surface area contributed by atoms with E-state index >= 15 is 0 Å². The van der Waals surface area contributed by atoms with E-state index in [0.29, 0.717) is 6.10 Å². The summed E-state index contributed by atoms with van der Waals surface area (Å²) >= 11 is 0. The number of hydrogen-bond donors (Lipinski definition) is 1. The minimum Gasteiger partial charge on any atom is -0.489 e. The van der Waals surface area contributed by atoms with Gasteiger partial charge in [-0.3, -0.25) is 4.90 Å². The summed E-state index contributed by atoms with van der Waals surface area (Å²) < 4.78 is 5.95. The van der Waals surface area contributed by atoms with Crippen LogP contribution in [-0.4, -0.2) is 62.2 Å². The van der Waals surface area contributed by atoms with Gasteiger partial charge in [-0.05, 0) is 37.7 Å². The molecule has 2 fully saturated rings. The van der Waals surface area contributed by atoms with E-state index in [0.717, 1.165) is 31.8 Å². The predicted octanol–water partition coefficient (Wildman–Crippen LogP) is 1.17. The van der Waals surface area contributed by atoms with Crippen LogP contribution in [0.15, 0.2) is 24.3 Å². The van der Waals surface area contributed by atoms with Crippen LogP contribution < -0.4 is 10.1 Å². The first-order chi connectivity index (χ1) is 9.79. The predicted molar refractivity (Wildman–Crippen MR) is 81.1 cm³/mol. The zero-order valence-corrected chi connectivity index (χ0v) is 12.3. The van der Waals surface area contributed by atoms with Gasteiger partial charge in [0.2, 0.25) is 0 Å². The first kappa shape index (κ1) is 13.9. The lowest BCUT2D eigenvalue weighted by Crippen LogP contribution is -2.43. The van der Waals surface area contributed by atoms with Gasteiger partial charge in [-0.25, -0.2) is 0 Å². The standard InChI is InChI=1S/C16H25N3O/c1-18-8-10-19(11-9-18)13-14-2-4-15(5-3-14)20-16-6-7-17-12-16/h2-5,16-17H,6-13H2,1H3. The zero-order chi connectivity index (χ0) is 13.8. The van der Waals surface area contributed by atoms with Crippen molar-refractivity contribution >= 4 is 0 Å². The molecule has 1 aromatic carbocycles. The number of hydrogen-bond acceptors (Lipinski definition) is 4. The molecule has 0 saturated carbocycles. The Morgan fingerprint density at radius 3 is 2.55 bits per heavy atom. The van der Waals surface area contributed by atoms with Gasteiger partial charge >= 0.3 is 0 Å². The second-order valence-corrected chi connectivity index (χ2v) is 5.96. The van der Waals surface area contributed by atoms with Crippen LogP contribution in [0.2, 0.25) is 0 Å². The van der Waals surface area contributed by atoms with Crippen LogP contribution in [0.1, 0.15) is 12.0 Å². The Labute approximate surface area is 121 Å². The third-order valence-electron chi connectivity index (χ3n) is 4.24. The zero-order valence-electron chi connectivity index (χ0n) is 12.3. The molecule has 2 saturated heterocycles. The fourth-order valence-corrected chi connectivity index (χ4v) is 2.86. The molecule has 0 aromatic heterocycles. The van der Waals surface area contributed by atoms with Crippen molar-refractivity contribution in [3.8, 4) is 5.75 Å². The number of likely N-dealkylation sites (N-methyl/N-ethyl adjacent to an activating group) is 1. The van der Waals surface area contributed by atoms with Crippen molar-refractivity contribution < 1.29 is 4.74 Å². The molecule has 3 rings (SSSR count). The Morgan fingerprint density at radius 2 is 1.90 bits per heavy atom. The highest BCUT2D eigenvalue weighted by molar-refractivity contribution is 5.27. The van der Waals surface area contributed by atoms with Crippen molar-refractivity contribution in [2.75, 3.05) is 46.3 Å². The summed E-state index contributed by atoms with van der Waals surface area (Å²) in [7, 11) is 2.20. The molecule has 0 radical (unpaired) electrons. The van der Waals surface area contributed by atoms with Crippen molar-refractivity contribution in [2.45, 2.75) is 19.1 Å². The minimum atomic E-state index is 0.346. The normalized spacial score (nSPS) is 24.9. The molecule has 0 amide bonds. The van der Waals surface area contributed by atoms with Gasteiger partial charge < -0.3 is 15.0 Å². The topological polar surface area (TPSA) is 27.7 Å². The van der Waals surface area contributed by atoms with Gasteiger partial charge in [0.25, 0.3) is 0 Å². The van der Waals surface area contributed by atoms with Crippen molar-refractivity contribution in [3.05, 3.63) is 29.8 Å². The van der Waals surface area contributed by atoms with Crippen LogP contribution in [-0.2, 0) is 6.54 Å². The number of benzene rings is 1. The molecule has 4 nitrogen and oxygen atoms in total. The lowest BCUT2D eigenvalue weighted by Gasteiger charge is -2.32. The maximum Gasteiger partial charge on any atom is 0.119 e. The highest BCUT2D eigenvalue weighted by atomic mass is 16.5. The van der Waals surface area contributed by atoms with Gasteiger partial charge in [-0.1, -0.05) is 12.1 Å². The molecular weight excluding hydrogens is 250 g/mol. The van der Waals surface area contributed by atoms with Gasteiger partial charge in [0, 0.05) is 39.3 Å². The SMILES string of the molecule is CN1CCN(Cc2ccc(OC3CCNC3)cc2)CC1. The summed E-state index contributed by atoms with van der Waals surface area (Å²) in [6, 6.07) is 8.64. The smallest absolute Gasteiger partial charge is 0.119 e. The van der Waals surface area contributed by atoms with E-state index in [4.69, 9.17) is 4.74 Å². The van der Waals surface area contributed by atoms with Gasteiger partial charge in [-0.15, -0.1) is 0 Å². The second-order valence-electron chi connectivity index (χ2n) is 5.96. The lowest BCUT2D eigenvalue weighted by molar-refractivity contribution is 0.148. The van der Waals surface area contributed by atoms with Crippen molar-refractivity contribution in [2.24, 2.45) is 0 Å². The van der Waals surface area contributed by atoms with Crippen LogP contribution >= 0.6 is 0 Å². The fraction of sp³-hybridized carbons (Fsp3) is 0.625. The Bertz CT molecular complexity index is 406. The van der Waals surface area contributed by atoms with E-state index < -0.39 is 0 Å². The van der Waals surface area contributed by atoms with Crippen LogP contribution in [0.4, 0.5) is 0 Å². The Balaban J connectivity index is 1.50. The summed E-state index contributed by atoms with van der Waals surface area (Å²) in [6.07, 6.45) is 1.46. The molecule has 1 unspecified atom stereocenters. The lowest BCUT2D eigenvalue weighted by atomic mass is 10.2. The van der Waals surface area contributed by atoms with Crippen LogP contribution in [0.3, 0.4) is 0 Å². The molecule has 2 aliphatic rings. The third kappa shape index (κ3) is 3.72. The first-order valence-electron chi connectivity index (χ1n) is 7.67. The minimum absolute atomic E-state index is 0.346. The number of nitrogens with zero attached hydrogens (tertiary/aromatic N) is 2. The average molecular weight is 275 g/mol. The largest absolute Gasteiger partial charge is 0.489 e. The van der Waals surface area contributed by atoms with Gasteiger partial charge in [0.1, 0.15) is 11.9 Å². The average Bonchev–Trinajstić information content (AvgIpc) is 2.96. The quantitative estimate of drug-likeness (QED) is 0.893. The van der Waals surface area contributed by atoms with E-state index in [9.17, 15) is 0 Å². The Morgan fingerprint density at radius 1 is 1.15 bits per heavy atom. The highest BCUT2D eigenvalue weighted by Crippen LogP contribution is 2.17. The number of ether oxygens (including phenoxy) is 1. The molecule has 2 heterocycles. The van der Waals surface area contributed by atoms with Crippen molar-refractivity contribution in [3.63, 3.8) is 0 Å². The van der Waals surface area contributed by atoms with Crippen LogP contribution in [0.25, 0.3) is 0 Å². The molecule has 0 bridgehead atoms. The van der Waals surface area contributed by atoms with Crippen molar-refractivity contribution in [1.29, 1.82) is 0 Å². The van der Waals surface area contributed by atoms with E-state index in [1.54, 1.807) is 0 Å².